The molecule has 7 heteroatoms. The van der Waals surface area contributed by atoms with E-state index >= 15 is 0 Å². The van der Waals surface area contributed by atoms with E-state index in [0.717, 1.165) is 22.4 Å². The van der Waals surface area contributed by atoms with Crippen molar-refractivity contribution in [2.45, 2.75) is 0 Å². The molecule has 0 saturated carbocycles. The molecule has 0 saturated heterocycles. The Labute approximate surface area is 187 Å². The molecule has 1 heterocycles. The van der Waals surface area contributed by atoms with Gasteiger partial charge in [0.05, 0.1) is 28.4 Å². The number of methoxy groups -OCH3 is 1. The minimum absolute atomic E-state index is 0.184. The minimum atomic E-state index is -1.01. The molecule has 3 aromatic carbocycles. The second kappa shape index (κ2) is 8.48. The normalized spacial score (nSPS) is 10.8. The van der Waals surface area contributed by atoms with Crippen LogP contribution < -0.4 is 4.74 Å². The number of carbonyl (C=O) groups is 1. The monoisotopic (exact) mass is 455 g/mol. The third-order valence-corrected chi connectivity index (χ3v) is 6.24. The van der Waals surface area contributed by atoms with E-state index in [0.29, 0.717) is 26.4 Å². The quantitative estimate of drug-likeness (QED) is 0.346. The van der Waals surface area contributed by atoms with E-state index in [2.05, 4.69) is 4.98 Å². The van der Waals surface area contributed by atoms with Gasteiger partial charge in [0.25, 0.3) is 0 Å². The molecule has 0 amide bonds. The van der Waals surface area contributed by atoms with Gasteiger partial charge in [-0.2, -0.15) is 0 Å². The topological polar surface area (TPSA) is 59.4 Å². The maximum atomic E-state index is 12.0. The van der Waals surface area contributed by atoms with Crippen LogP contribution in [0, 0.1) is 0 Å². The highest BCUT2D eigenvalue weighted by Gasteiger charge is 2.17. The van der Waals surface area contributed by atoms with Gasteiger partial charge in [0.2, 0.25) is 0 Å². The van der Waals surface area contributed by atoms with Crippen molar-refractivity contribution in [3.05, 3.63) is 81.7 Å². The number of carboxylic acids is 1. The zero-order valence-electron chi connectivity index (χ0n) is 15.7. The maximum Gasteiger partial charge on any atom is 0.336 e. The molecule has 4 aromatic rings. The van der Waals surface area contributed by atoms with E-state index < -0.39 is 5.97 Å². The molecule has 1 aromatic heterocycles. The average molecular weight is 456 g/mol. The molecule has 30 heavy (non-hydrogen) atoms. The number of hydrogen-bond acceptors (Lipinski definition) is 4. The Bertz CT molecular complexity index is 1250. The maximum absolute atomic E-state index is 12.0. The van der Waals surface area contributed by atoms with Gasteiger partial charge in [-0.3, -0.25) is 0 Å². The fourth-order valence-corrected chi connectivity index (χ4v) is 4.27. The summed E-state index contributed by atoms with van der Waals surface area (Å²) in [6, 6.07) is 18.0. The number of benzene rings is 3. The lowest BCUT2D eigenvalue weighted by molar-refractivity contribution is 0.0698. The van der Waals surface area contributed by atoms with Crippen LogP contribution in [0.5, 0.6) is 5.75 Å². The van der Waals surface area contributed by atoms with Gasteiger partial charge in [-0.25, -0.2) is 9.78 Å². The van der Waals surface area contributed by atoms with Crippen LogP contribution in [0.1, 0.15) is 10.4 Å². The van der Waals surface area contributed by atoms with Crippen molar-refractivity contribution in [2.24, 2.45) is 0 Å². The van der Waals surface area contributed by atoms with Crippen molar-refractivity contribution in [1.82, 2.24) is 4.98 Å². The zero-order valence-corrected chi connectivity index (χ0v) is 18.1. The molecule has 0 bridgehead atoms. The SMILES string of the molecule is COc1ccccc1-c1ccc(-c2nc(-c3ccc(Cl)c(Cl)c3)cs2)cc1C(=O)O. The van der Waals surface area contributed by atoms with Gasteiger partial charge in [-0.1, -0.05) is 59.6 Å². The summed E-state index contributed by atoms with van der Waals surface area (Å²) >= 11 is 13.5. The fourth-order valence-electron chi connectivity index (χ4n) is 3.15. The third kappa shape index (κ3) is 3.92. The summed E-state index contributed by atoms with van der Waals surface area (Å²) in [6.45, 7) is 0. The van der Waals surface area contributed by atoms with E-state index in [4.69, 9.17) is 27.9 Å². The number of nitrogens with zero attached hydrogens (tertiary/aromatic N) is 1. The molecule has 0 spiro atoms. The van der Waals surface area contributed by atoms with Crippen LogP contribution in [-0.4, -0.2) is 23.2 Å². The second-order valence-electron chi connectivity index (χ2n) is 6.43. The van der Waals surface area contributed by atoms with Crippen LogP contribution in [0.15, 0.2) is 66.0 Å². The van der Waals surface area contributed by atoms with Gasteiger partial charge in [0.1, 0.15) is 10.8 Å². The summed E-state index contributed by atoms with van der Waals surface area (Å²) < 4.78 is 5.40. The Morgan fingerprint density at radius 1 is 0.967 bits per heavy atom. The Kier molecular flexibility index (Phi) is 5.77. The fraction of sp³-hybridized carbons (Fsp3) is 0.0435. The van der Waals surface area contributed by atoms with E-state index in [-0.39, 0.29) is 5.56 Å². The molecule has 0 radical (unpaired) electrons. The lowest BCUT2D eigenvalue weighted by Crippen LogP contribution is -2.01. The number of halogens is 2. The summed E-state index contributed by atoms with van der Waals surface area (Å²) in [6.07, 6.45) is 0. The summed E-state index contributed by atoms with van der Waals surface area (Å²) in [5.74, 6) is -0.400. The first kappa shape index (κ1) is 20.4. The number of carboxylic acid groups (broad SMARTS) is 1. The van der Waals surface area contributed by atoms with Gasteiger partial charge in [-0.05, 0) is 29.8 Å². The first-order chi connectivity index (χ1) is 14.5. The third-order valence-electron chi connectivity index (χ3n) is 4.61. The number of aromatic nitrogens is 1. The Morgan fingerprint density at radius 3 is 2.47 bits per heavy atom. The lowest BCUT2D eigenvalue weighted by atomic mass is 9.97. The number of para-hydroxylation sites is 1. The molecule has 0 fully saturated rings. The van der Waals surface area contributed by atoms with Crippen molar-refractivity contribution in [3.8, 4) is 38.7 Å². The Balaban J connectivity index is 1.76. The Morgan fingerprint density at radius 2 is 1.73 bits per heavy atom. The van der Waals surface area contributed by atoms with Gasteiger partial charge in [0.15, 0.2) is 0 Å². The van der Waals surface area contributed by atoms with Crippen molar-refractivity contribution >= 4 is 40.5 Å². The molecule has 0 unspecified atom stereocenters. The number of rotatable bonds is 5. The molecular formula is C23H15Cl2NO3S. The van der Waals surface area contributed by atoms with Gasteiger partial charge < -0.3 is 9.84 Å². The van der Waals surface area contributed by atoms with Crippen LogP contribution in [0.2, 0.25) is 10.0 Å². The first-order valence-corrected chi connectivity index (χ1v) is 10.5. The van der Waals surface area contributed by atoms with Crippen molar-refractivity contribution < 1.29 is 14.6 Å². The molecule has 0 atom stereocenters. The standard InChI is InChI=1S/C23H15Cl2NO3S/c1-29-21-5-3-2-4-16(21)15-8-6-14(10-17(15)23(27)28)22-26-20(12-30-22)13-7-9-18(24)19(25)11-13/h2-12H,1H3,(H,27,28). The molecule has 4 nitrogen and oxygen atoms in total. The molecule has 150 valence electrons. The van der Waals surface area contributed by atoms with E-state index in [1.165, 1.54) is 11.3 Å². The van der Waals surface area contributed by atoms with Gasteiger partial charge in [-0.15, -0.1) is 11.3 Å². The zero-order chi connectivity index (χ0) is 21.3. The minimum Gasteiger partial charge on any atom is -0.496 e. The summed E-state index contributed by atoms with van der Waals surface area (Å²) in [5, 5.41) is 13.4. The summed E-state index contributed by atoms with van der Waals surface area (Å²) in [4.78, 5) is 16.6. The number of hydrogen-bond donors (Lipinski definition) is 1. The van der Waals surface area contributed by atoms with Crippen LogP contribution >= 0.6 is 34.5 Å². The molecule has 4 rings (SSSR count). The van der Waals surface area contributed by atoms with E-state index in [9.17, 15) is 9.90 Å². The van der Waals surface area contributed by atoms with Crippen LogP contribution in [0.4, 0.5) is 0 Å². The number of aromatic carboxylic acids is 1. The van der Waals surface area contributed by atoms with Crippen LogP contribution in [0.3, 0.4) is 0 Å². The second-order valence-corrected chi connectivity index (χ2v) is 8.11. The smallest absolute Gasteiger partial charge is 0.336 e. The molecular weight excluding hydrogens is 441 g/mol. The van der Waals surface area contributed by atoms with Gasteiger partial charge >= 0.3 is 5.97 Å². The first-order valence-electron chi connectivity index (χ1n) is 8.90. The number of thiazole rings is 1. The van der Waals surface area contributed by atoms with Crippen LogP contribution in [0.25, 0.3) is 33.0 Å². The average Bonchev–Trinajstić information content (AvgIpc) is 3.25. The molecule has 0 aliphatic carbocycles. The predicted molar refractivity (Wildman–Crippen MR) is 122 cm³/mol. The van der Waals surface area contributed by atoms with E-state index in [1.54, 1.807) is 37.4 Å². The Hall–Kier alpha value is -2.86. The highest BCUT2D eigenvalue weighted by molar-refractivity contribution is 7.13. The lowest BCUT2D eigenvalue weighted by Gasteiger charge is -2.12. The summed E-state index contributed by atoms with van der Waals surface area (Å²) in [5.41, 5.74) is 3.81. The van der Waals surface area contributed by atoms with Crippen LogP contribution in [-0.2, 0) is 0 Å². The summed E-state index contributed by atoms with van der Waals surface area (Å²) in [7, 11) is 1.56. The van der Waals surface area contributed by atoms with Gasteiger partial charge in [0, 0.05) is 22.1 Å². The molecule has 0 aliphatic heterocycles. The highest BCUT2D eigenvalue weighted by Crippen LogP contribution is 2.36. The molecule has 0 aliphatic rings. The largest absolute Gasteiger partial charge is 0.496 e. The van der Waals surface area contributed by atoms with Crippen molar-refractivity contribution in [1.29, 1.82) is 0 Å². The van der Waals surface area contributed by atoms with Crippen molar-refractivity contribution in [3.63, 3.8) is 0 Å². The molecule has 1 N–H and O–H groups in total. The van der Waals surface area contributed by atoms with Crippen molar-refractivity contribution in [2.75, 3.05) is 7.11 Å². The predicted octanol–water partition coefficient (Wildman–Crippen LogP) is 7.16. The number of ether oxygens (including phenoxy) is 1. The highest BCUT2D eigenvalue weighted by atomic mass is 35.5. The van der Waals surface area contributed by atoms with E-state index in [1.807, 2.05) is 35.7 Å².